The van der Waals surface area contributed by atoms with Crippen LogP contribution in [0.4, 0.5) is 17.1 Å². The molecule has 0 aliphatic carbocycles. The number of thiophene rings is 1. The van der Waals surface area contributed by atoms with Crippen LogP contribution in [0.3, 0.4) is 0 Å². The maximum absolute atomic E-state index is 2.63. The van der Waals surface area contributed by atoms with Gasteiger partial charge in [0.2, 0.25) is 0 Å². The molecule has 12 rings (SSSR count). The maximum atomic E-state index is 2.63. The third kappa shape index (κ3) is 5.17. The molecule has 298 valence electrons. The summed E-state index contributed by atoms with van der Waals surface area (Å²) < 4.78 is 7.86. The molecular weight excluding hydrogens is 758 g/mol. The molecule has 0 radical (unpaired) electrons. The molecule has 0 saturated heterocycles. The number of para-hydroxylation sites is 2. The minimum atomic E-state index is -0.0535. The van der Waals surface area contributed by atoms with Gasteiger partial charge in [-0.15, -0.1) is 11.3 Å². The molecule has 0 bridgehead atoms. The van der Waals surface area contributed by atoms with E-state index in [1.54, 1.807) is 0 Å². The first-order valence-electron chi connectivity index (χ1n) is 21.9. The van der Waals surface area contributed by atoms with Gasteiger partial charge < -0.3 is 14.0 Å². The number of hydrogen-bond acceptors (Lipinski definition) is 2. The van der Waals surface area contributed by atoms with Crippen LogP contribution in [-0.2, 0) is 16.2 Å². The number of hydrogen-bond donors (Lipinski definition) is 0. The van der Waals surface area contributed by atoms with E-state index in [2.05, 4.69) is 216 Å². The van der Waals surface area contributed by atoms with Crippen molar-refractivity contribution < 1.29 is 0 Å². The summed E-state index contributed by atoms with van der Waals surface area (Å²) in [6, 6.07) is 53.6. The lowest BCUT2D eigenvalue weighted by Gasteiger charge is -2.39. The van der Waals surface area contributed by atoms with Gasteiger partial charge in [0, 0.05) is 64.7 Å². The third-order valence-corrected chi connectivity index (χ3v) is 15.0. The minimum absolute atomic E-state index is 0.0256. The first kappa shape index (κ1) is 36.8. The summed E-state index contributed by atoms with van der Waals surface area (Å²) in [7, 11) is 0. The van der Waals surface area contributed by atoms with Crippen LogP contribution in [0.2, 0.25) is 0 Å². The van der Waals surface area contributed by atoms with Gasteiger partial charge in [-0.05, 0) is 117 Å². The van der Waals surface area contributed by atoms with E-state index in [0.717, 1.165) is 0 Å². The molecule has 10 aromatic rings. The molecule has 0 unspecified atom stereocenters. The largest absolute Gasteiger partial charge is 0.310 e. The van der Waals surface area contributed by atoms with Crippen LogP contribution in [0.25, 0.3) is 65.1 Å². The number of nitrogens with zero attached hydrogens (tertiary/aromatic N) is 3. The summed E-state index contributed by atoms with van der Waals surface area (Å²) in [5.74, 6) is 0. The zero-order valence-electron chi connectivity index (χ0n) is 36.6. The molecule has 2 aliphatic heterocycles. The monoisotopic (exact) mass is 807 g/mol. The zero-order chi connectivity index (χ0) is 41.9. The van der Waals surface area contributed by atoms with Gasteiger partial charge in [0.15, 0.2) is 0 Å². The van der Waals surface area contributed by atoms with Crippen LogP contribution in [-0.4, -0.2) is 15.8 Å². The highest BCUT2D eigenvalue weighted by atomic mass is 32.1. The van der Waals surface area contributed by atoms with E-state index in [9.17, 15) is 0 Å². The Hall–Kier alpha value is -6.04. The molecule has 5 heterocycles. The lowest BCUT2D eigenvalue weighted by atomic mass is 9.36. The smallest absolute Gasteiger partial charge is 0.264 e. The lowest BCUT2D eigenvalue weighted by molar-refractivity contribution is 0.590. The van der Waals surface area contributed by atoms with Crippen molar-refractivity contribution in [2.75, 3.05) is 4.90 Å². The predicted molar refractivity (Wildman–Crippen MR) is 266 cm³/mol. The van der Waals surface area contributed by atoms with Crippen LogP contribution in [0.5, 0.6) is 0 Å². The fourth-order valence-electron chi connectivity index (χ4n) is 10.5. The van der Waals surface area contributed by atoms with Crippen LogP contribution < -0.4 is 20.6 Å². The van der Waals surface area contributed by atoms with Crippen molar-refractivity contribution in [2.45, 2.75) is 78.6 Å². The fraction of sp³-hybridized carbons (Fsp3) is 0.214. The van der Waals surface area contributed by atoms with Gasteiger partial charge in [0.25, 0.3) is 6.71 Å². The molecular formula is C56H50BN3S. The van der Waals surface area contributed by atoms with E-state index >= 15 is 0 Å². The molecule has 0 saturated carbocycles. The molecule has 0 atom stereocenters. The predicted octanol–water partition coefficient (Wildman–Crippen LogP) is 13.6. The topological polar surface area (TPSA) is 13.1 Å². The first-order valence-corrected chi connectivity index (χ1v) is 22.7. The summed E-state index contributed by atoms with van der Waals surface area (Å²) >= 11 is 1.99. The Morgan fingerprint density at radius 2 is 1.07 bits per heavy atom. The van der Waals surface area contributed by atoms with Gasteiger partial charge in [-0.2, -0.15) is 0 Å². The fourth-order valence-corrected chi connectivity index (χ4v) is 11.8. The van der Waals surface area contributed by atoms with Crippen molar-refractivity contribution in [3.05, 3.63) is 156 Å². The summed E-state index contributed by atoms with van der Waals surface area (Å²) in [4.78, 5) is 2.61. The molecule has 0 spiro atoms. The summed E-state index contributed by atoms with van der Waals surface area (Å²) in [6.45, 7) is 21.1. The summed E-state index contributed by atoms with van der Waals surface area (Å²) in [5.41, 5.74) is 18.2. The number of anilines is 3. The molecule has 5 heteroatoms. The molecule has 2 aliphatic rings. The first-order chi connectivity index (χ1) is 29.2. The van der Waals surface area contributed by atoms with Gasteiger partial charge in [-0.3, -0.25) is 0 Å². The normalized spacial score (nSPS) is 13.9. The average Bonchev–Trinajstić information content (AvgIpc) is 3.88. The van der Waals surface area contributed by atoms with Crippen molar-refractivity contribution in [3.8, 4) is 11.4 Å². The average molecular weight is 808 g/mol. The van der Waals surface area contributed by atoms with E-state index in [4.69, 9.17) is 0 Å². The standard InChI is InChI=1S/C56H50BN3S/c1-54(2,3)33-22-25-37(26-23-33)59-45-20-15-21-46-50(45)57(53-52(59)42-28-34(55(4,5)6)24-27-49(42)61-53)43-30-35(56(7,8)9)29-41-40-32-47-39(31-48(40)60(46)51(41)43)38-18-13-14-19-44(38)58(47)36-16-11-10-12-17-36/h10-32H,1-9H3. The van der Waals surface area contributed by atoms with Crippen LogP contribution in [0, 0.1) is 0 Å². The van der Waals surface area contributed by atoms with Gasteiger partial charge in [0.1, 0.15) is 0 Å². The summed E-state index contributed by atoms with van der Waals surface area (Å²) in [6.07, 6.45) is 0. The van der Waals surface area contributed by atoms with Gasteiger partial charge >= 0.3 is 0 Å². The Morgan fingerprint density at radius 1 is 0.443 bits per heavy atom. The second-order valence-corrected chi connectivity index (χ2v) is 21.8. The second-order valence-electron chi connectivity index (χ2n) is 20.7. The quantitative estimate of drug-likeness (QED) is 0.159. The van der Waals surface area contributed by atoms with Crippen molar-refractivity contribution in [1.29, 1.82) is 0 Å². The van der Waals surface area contributed by atoms with Gasteiger partial charge in [-0.25, -0.2) is 0 Å². The Morgan fingerprint density at radius 3 is 1.79 bits per heavy atom. The highest BCUT2D eigenvalue weighted by Gasteiger charge is 2.45. The van der Waals surface area contributed by atoms with Crippen molar-refractivity contribution in [1.82, 2.24) is 9.13 Å². The highest BCUT2D eigenvalue weighted by Crippen LogP contribution is 2.48. The Kier molecular flexibility index (Phi) is 7.41. The van der Waals surface area contributed by atoms with E-state index in [1.165, 1.54) is 115 Å². The second kappa shape index (κ2) is 12.3. The van der Waals surface area contributed by atoms with Gasteiger partial charge in [0.05, 0.1) is 22.2 Å². The lowest BCUT2D eigenvalue weighted by Crippen LogP contribution is -2.59. The Bertz CT molecular complexity index is 3470. The van der Waals surface area contributed by atoms with Crippen LogP contribution in [0.15, 0.2) is 140 Å². The third-order valence-electron chi connectivity index (χ3n) is 13.7. The molecule has 0 fully saturated rings. The zero-order valence-corrected chi connectivity index (χ0v) is 37.4. The van der Waals surface area contributed by atoms with Crippen molar-refractivity contribution in [2.24, 2.45) is 0 Å². The van der Waals surface area contributed by atoms with Gasteiger partial charge in [-0.1, -0.05) is 129 Å². The summed E-state index contributed by atoms with van der Waals surface area (Å²) in [5, 5.41) is 6.52. The number of benzene rings is 7. The number of rotatable bonds is 2. The van der Waals surface area contributed by atoms with Crippen molar-refractivity contribution >= 4 is 105 Å². The minimum Gasteiger partial charge on any atom is -0.310 e. The molecule has 3 nitrogen and oxygen atoms in total. The van der Waals surface area contributed by atoms with E-state index in [0.29, 0.717) is 0 Å². The van der Waals surface area contributed by atoms with E-state index in [-0.39, 0.29) is 23.0 Å². The van der Waals surface area contributed by atoms with E-state index < -0.39 is 0 Å². The molecule has 0 N–H and O–H groups in total. The maximum Gasteiger partial charge on any atom is 0.264 e. The SMILES string of the molecule is CC(C)(C)c1ccc(N2c3cccc4c3B(c3sc5ccc(C(C)(C)C)cc5c32)c2cc(C(C)(C)C)cc3c5cc6c(cc5n-4c23)c2ccccc2n6-c2ccccc2)cc1. The molecule has 3 aromatic heterocycles. The number of aromatic nitrogens is 2. The van der Waals surface area contributed by atoms with Crippen LogP contribution >= 0.6 is 11.3 Å². The molecule has 7 aromatic carbocycles. The van der Waals surface area contributed by atoms with E-state index in [1.807, 2.05) is 11.3 Å². The number of fused-ring (bicyclic) bond motifs is 12. The molecule has 61 heavy (non-hydrogen) atoms. The Balaban J connectivity index is 1.23. The Labute approximate surface area is 362 Å². The van der Waals surface area contributed by atoms with Crippen LogP contribution in [0.1, 0.15) is 79.0 Å². The van der Waals surface area contributed by atoms with Crippen molar-refractivity contribution in [3.63, 3.8) is 0 Å². The highest BCUT2D eigenvalue weighted by molar-refractivity contribution is 7.33. The molecule has 0 amide bonds.